The van der Waals surface area contributed by atoms with Crippen molar-refractivity contribution in [3.63, 3.8) is 0 Å². The van der Waals surface area contributed by atoms with E-state index in [-0.39, 0.29) is 18.2 Å². The van der Waals surface area contributed by atoms with E-state index in [1.165, 1.54) is 0 Å². The number of likely N-dealkylation sites (tertiary alicyclic amines) is 1. The minimum Gasteiger partial charge on any atom is -0.376 e. The predicted octanol–water partition coefficient (Wildman–Crippen LogP) is 1.02. The summed E-state index contributed by atoms with van der Waals surface area (Å²) in [5, 5.41) is 10.7. The fourth-order valence-corrected chi connectivity index (χ4v) is 3.23. The highest BCUT2D eigenvalue weighted by Crippen LogP contribution is 2.27. The topological polar surface area (TPSA) is 72.3 Å². The van der Waals surface area contributed by atoms with Crippen LogP contribution in [0.4, 0.5) is 4.79 Å². The first-order valence-electron chi connectivity index (χ1n) is 7.85. The Hall–Kier alpha value is -1.63. The number of nitrogens with zero attached hydrogens (tertiary/aromatic N) is 4. The van der Waals surface area contributed by atoms with Crippen molar-refractivity contribution in [2.75, 3.05) is 19.7 Å². The van der Waals surface area contributed by atoms with Crippen LogP contribution < -0.4 is 5.32 Å². The normalized spacial score (nSPS) is 25.4. The molecule has 2 saturated heterocycles. The van der Waals surface area contributed by atoms with Gasteiger partial charge in [-0.3, -0.25) is 4.68 Å². The van der Waals surface area contributed by atoms with Gasteiger partial charge in [0.15, 0.2) is 0 Å². The molecule has 0 aliphatic carbocycles. The molecule has 2 aliphatic heterocycles. The predicted molar refractivity (Wildman–Crippen MR) is 76.7 cm³/mol. The Morgan fingerprint density at radius 3 is 3.10 bits per heavy atom. The Morgan fingerprint density at radius 1 is 1.38 bits per heavy atom. The molecule has 1 N–H and O–H groups in total. The van der Waals surface area contributed by atoms with Gasteiger partial charge in [0, 0.05) is 32.4 Å². The summed E-state index contributed by atoms with van der Waals surface area (Å²) >= 11 is 0. The summed E-state index contributed by atoms with van der Waals surface area (Å²) in [6.45, 7) is 3.12. The molecule has 7 heteroatoms. The third kappa shape index (κ3) is 3.53. The smallest absolute Gasteiger partial charge is 0.317 e. The Labute approximate surface area is 124 Å². The molecule has 3 heterocycles. The Morgan fingerprint density at radius 2 is 2.33 bits per heavy atom. The maximum absolute atomic E-state index is 12.3. The number of carbonyl (C=O) groups excluding carboxylic acids is 1. The number of hydrogen-bond donors (Lipinski definition) is 1. The van der Waals surface area contributed by atoms with Gasteiger partial charge in [-0.05, 0) is 32.1 Å². The van der Waals surface area contributed by atoms with Crippen LogP contribution in [0.2, 0.25) is 0 Å². The summed E-state index contributed by atoms with van der Waals surface area (Å²) in [5.41, 5.74) is 0. The second kappa shape index (κ2) is 6.89. The number of aryl methyl sites for hydroxylation is 1. The van der Waals surface area contributed by atoms with Crippen LogP contribution in [0, 0.1) is 0 Å². The molecule has 7 nitrogen and oxygen atoms in total. The van der Waals surface area contributed by atoms with Crippen LogP contribution in [0.3, 0.4) is 0 Å². The Kier molecular flexibility index (Phi) is 4.69. The second-order valence-electron chi connectivity index (χ2n) is 5.71. The Bertz CT molecular complexity index is 444. The lowest BCUT2D eigenvalue weighted by Crippen LogP contribution is -2.47. The zero-order valence-electron chi connectivity index (χ0n) is 12.3. The largest absolute Gasteiger partial charge is 0.376 e. The molecular weight excluding hydrogens is 270 g/mol. The number of aromatic nitrogens is 3. The highest BCUT2D eigenvalue weighted by molar-refractivity contribution is 5.74. The number of hydrogen-bond acceptors (Lipinski definition) is 4. The first-order valence-corrected chi connectivity index (χ1v) is 7.85. The van der Waals surface area contributed by atoms with E-state index < -0.39 is 0 Å². The maximum Gasteiger partial charge on any atom is 0.317 e. The highest BCUT2D eigenvalue weighted by Gasteiger charge is 2.36. The van der Waals surface area contributed by atoms with Gasteiger partial charge in [0.1, 0.15) is 0 Å². The van der Waals surface area contributed by atoms with Gasteiger partial charge in [0.05, 0.1) is 18.3 Å². The average Bonchev–Trinajstić information content (AvgIpc) is 3.24. The summed E-state index contributed by atoms with van der Waals surface area (Å²) in [6, 6.07) is 0.314. The number of urea groups is 1. The van der Waals surface area contributed by atoms with Crippen molar-refractivity contribution in [3.8, 4) is 0 Å². The van der Waals surface area contributed by atoms with Crippen molar-refractivity contribution >= 4 is 6.03 Å². The number of carbonyl (C=O) groups is 1. The first-order chi connectivity index (χ1) is 10.3. The number of nitrogens with one attached hydrogen (secondary N) is 1. The quantitative estimate of drug-likeness (QED) is 0.823. The maximum atomic E-state index is 12.3. The molecule has 3 rings (SSSR count). The van der Waals surface area contributed by atoms with Crippen molar-refractivity contribution in [3.05, 3.63) is 12.4 Å². The van der Waals surface area contributed by atoms with E-state index >= 15 is 0 Å². The lowest BCUT2D eigenvalue weighted by Gasteiger charge is -2.29. The molecule has 2 atom stereocenters. The van der Waals surface area contributed by atoms with Crippen LogP contribution in [0.5, 0.6) is 0 Å². The van der Waals surface area contributed by atoms with Crippen LogP contribution in [-0.4, -0.2) is 57.8 Å². The van der Waals surface area contributed by atoms with Gasteiger partial charge >= 0.3 is 6.03 Å². The van der Waals surface area contributed by atoms with E-state index in [1.54, 1.807) is 10.9 Å². The molecule has 0 spiro atoms. The van der Waals surface area contributed by atoms with Gasteiger partial charge in [-0.15, -0.1) is 5.10 Å². The summed E-state index contributed by atoms with van der Waals surface area (Å²) in [4.78, 5) is 14.3. The van der Waals surface area contributed by atoms with E-state index in [0.717, 1.165) is 51.8 Å². The monoisotopic (exact) mass is 293 g/mol. The number of rotatable bonds is 5. The number of amides is 2. The van der Waals surface area contributed by atoms with Crippen molar-refractivity contribution in [1.29, 1.82) is 0 Å². The molecule has 1 aromatic rings. The van der Waals surface area contributed by atoms with Gasteiger partial charge < -0.3 is 15.0 Å². The van der Waals surface area contributed by atoms with E-state index in [0.29, 0.717) is 6.54 Å². The molecule has 2 amide bonds. The minimum atomic E-state index is 0.0478. The van der Waals surface area contributed by atoms with Crippen molar-refractivity contribution in [2.45, 2.75) is 50.8 Å². The van der Waals surface area contributed by atoms with Gasteiger partial charge in [0.2, 0.25) is 0 Å². The van der Waals surface area contributed by atoms with Crippen LogP contribution >= 0.6 is 0 Å². The second-order valence-corrected chi connectivity index (χ2v) is 5.71. The summed E-state index contributed by atoms with van der Waals surface area (Å²) in [6.07, 6.45) is 8.94. The molecular formula is C14H23N5O2. The zero-order valence-corrected chi connectivity index (χ0v) is 12.3. The van der Waals surface area contributed by atoms with Gasteiger partial charge in [-0.25, -0.2) is 4.79 Å². The van der Waals surface area contributed by atoms with Gasteiger partial charge in [-0.1, -0.05) is 5.21 Å². The van der Waals surface area contributed by atoms with Crippen LogP contribution in [0.15, 0.2) is 12.4 Å². The average molecular weight is 293 g/mol. The van der Waals surface area contributed by atoms with Crippen LogP contribution in [-0.2, 0) is 11.3 Å². The molecule has 2 aliphatic rings. The summed E-state index contributed by atoms with van der Waals surface area (Å²) in [7, 11) is 0. The van der Waals surface area contributed by atoms with Gasteiger partial charge in [0.25, 0.3) is 0 Å². The van der Waals surface area contributed by atoms with E-state index in [2.05, 4.69) is 15.6 Å². The molecule has 0 radical (unpaired) electrons. The van der Waals surface area contributed by atoms with Crippen molar-refractivity contribution < 1.29 is 9.53 Å². The molecule has 116 valence electrons. The molecule has 2 fully saturated rings. The molecule has 1 aromatic heterocycles. The van der Waals surface area contributed by atoms with Crippen LogP contribution in [0.25, 0.3) is 0 Å². The van der Waals surface area contributed by atoms with E-state index in [9.17, 15) is 4.79 Å². The zero-order chi connectivity index (χ0) is 14.5. The fraction of sp³-hybridized carbons (Fsp3) is 0.786. The molecule has 0 aromatic carbocycles. The third-order valence-electron chi connectivity index (χ3n) is 4.27. The lowest BCUT2D eigenvalue weighted by atomic mass is 10.1. The Balaban J connectivity index is 1.41. The number of ether oxygens (including phenoxy) is 1. The summed E-state index contributed by atoms with van der Waals surface area (Å²) in [5.74, 6) is 0. The lowest BCUT2D eigenvalue weighted by molar-refractivity contribution is 0.0521. The molecule has 21 heavy (non-hydrogen) atoms. The summed E-state index contributed by atoms with van der Waals surface area (Å²) < 4.78 is 7.53. The van der Waals surface area contributed by atoms with Gasteiger partial charge in [-0.2, -0.15) is 0 Å². The molecule has 0 unspecified atom stereocenters. The van der Waals surface area contributed by atoms with E-state index in [4.69, 9.17) is 4.74 Å². The first kappa shape index (κ1) is 14.3. The third-order valence-corrected chi connectivity index (χ3v) is 4.27. The fourth-order valence-electron chi connectivity index (χ4n) is 3.23. The molecule has 0 saturated carbocycles. The highest BCUT2D eigenvalue weighted by atomic mass is 16.5. The van der Waals surface area contributed by atoms with Crippen LogP contribution in [0.1, 0.15) is 32.1 Å². The molecule has 0 bridgehead atoms. The standard InChI is InChI=1S/C14H23N5O2/c20-14(15-6-3-8-18-10-7-16-17-18)19-9-1-4-12(19)13-5-2-11-21-13/h7,10,12-13H,1-6,8-9,11H2,(H,15,20)/t12-,13-/m0/s1. The minimum absolute atomic E-state index is 0.0478. The van der Waals surface area contributed by atoms with E-state index in [1.807, 2.05) is 11.1 Å². The SMILES string of the molecule is O=C(NCCCn1ccnn1)N1CCC[C@H]1[C@@H]1CCCO1. The van der Waals surface area contributed by atoms with Crippen molar-refractivity contribution in [1.82, 2.24) is 25.2 Å². The van der Waals surface area contributed by atoms with Crippen molar-refractivity contribution in [2.24, 2.45) is 0 Å².